The third-order valence-corrected chi connectivity index (χ3v) is 8.73. The number of methoxy groups -OCH3 is 1. The quantitative estimate of drug-likeness (QED) is 0.180. The maximum absolute atomic E-state index is 13.2. The topological polar surface area (TPSA) is 114 Å². The zero-order valence-corrected chi connectivity index (χ0v) is 24.3. The summed E-state index contributed by atoms with van der Waals surface area (Å²) in [5, 5.41) is 9.54. The van der Waals surface area contributed by atoms with Crippen LogP contribution in [0.1, 0.15) is 11.1 Å². The first-order chi connectivity index (χ1) is 19.7. The van der Waals surface area contributed by atoms with Gasteiger partial charge in [-0.2, -0.15) is 0 Å². The minimum absolute atomic E-state index is 0.0721. The zero-order chi connectivity index (χ0) is 29.4. The Balaban J connectivity index is 1.43. The van der Waals surface area contributed by atoms with E-state index in [9.17, 15) is 18.0 Å². The van der Waals surface area contributed by atoms with Crippen LogP contribution < -0.4 is 16.0 Å². The number of esters is 1. The molecule has 0 spiro atoms. The van der Waals surface area contributed by atoms with Crippen LogP contribution in [0.25, 0.3) is 0 Å². The molecule has 0 saturated heterocycles. The number of rotatable bonds is 10. The Labute approximate surface area is 248 Å². The maximum Gasteiger partial charge on any atom is 0.328 e. The van der Waals surface area contributed by atoms with Gasteiger partial charge in [-0.05, 0) is 54.1 Å². The molecule has 4 rings (SSSR count). The molecule has 2 amide bonds. The number of carbonyl (C=O) groups is 2. The van der Waals surface area contributed by atoms with Gasteiger partial charge in [0, 0.05) is 34.3 Å². The Morgan fingerprint density at radius 3 is 2.12 bits per heavy atom. The lowest BCUT2D eigenvalue weighted by molar-refractivity contribution is -0.142. The second kappa shape index (κ2) is 13.5. The molecule has 212 valence electrons. The van der Waals surface area contributed by atoms with Gasteiger partial charge in [0.15, 0.2) is 0 Å². The van der Waals surface area contributed by atoms with E-state index in [0.717, 1.165) is 16.8 Å². The molecule has 41 heavy (non-hydrogen) atoms. The average molecular weight is 613 g/mol. The molecule has 0 heterocycles. The number of nitrogens with one attached hydrogen (secondary N) is 3. The molecule has 0 fully saturated rings. The van der Waals surface area contributed by atoms with Gasteiger partial charge in [0.05, 0.1) is 22.6 Å². The fourth-order valence-electron chi connectivity index (χ4n) is 4.07. The number of halogens is 2. The van der Waals surface area contributed by atoms with E-state index in [1.54, 1.807) is 48.5 Å². The third kappa shape index (κ3) is 7.58. The molecule has 0 aliphatic heterocycles. The van der Waals surface area contributed by atoms with Crippen LogP contribution in [0.4, 0.5) is 16.2 Å². The Morgan fingerprint density at radius 2 is 1.46 bits per heavy atom. The normalized spacial score (nSPS) is 11.8. The first-order valence-corrected chi connectivity index (χ1v) is 14.7. The molecule has 0 saturated carbocycles. The summed E-state index contributed by atoms with van der Waals surface area (Å²) in [6.07, 6.45) is 0.140. The van der Waals surface area contributed by atoms with Crippen molar-refractivity contribution in [2.75, 3.05) is 17.7 Å². The number of para-hydroxylation sites is 1. The standard InChI is InChI=1S/C30H27Cl2N3O5S/c1-40-29(36)27(18-20-14-16-21(17-15-20)33-19-23-24(31)10-7-11-25(23)32)35-30(37)34-26-12-5-6-13-28(26)41(38,39)22-8-3-2-4-9-22/h2-17,27,33H,18-19H2,1H3,(H2,34,35,37)/t27-/m0/s1. The lowest BCUT2D eigenvalue weighted by Crippen LogP contribution is -2.45. The molecule has 3 N–H and O–H groups in total. The number of hydrogen-bond donors (Lipinski definition) is 3. The summed E-state index contributed by atoms with van der Waals surface area (Å²) in [5.41, 5.74) is 2.42. The summed E-state index contributed by atoms with van der Waals surface area (Å²) in [7, 11) is -2.67. The number of ether oxygens (including phenoxy) is 1. The number of anilines is 2. The van der Waals surface area contributed by atoms with Crippen LogP contribution in [0, 0.1) is 0 Å². The van der Waals surface area contributed by atoms with Crippen LogP contribution in [0.15, 0.2) is 107 Å². The lowest BCUT2D eigenvalue weighted by Gasteiger charge is -2.18. The van der Waals surface area contributed by atoms with Crippen LogP contribution in [0.2, 0.25) is 10.0 Å². The van der Waals surface area contributed by atoms with Gasteiger partial charge in [0.2, 0.25) is 9.84 Å². The van der Waals surface area contributed by atoms with E-state index in [4.69, 9.17) is 27.9 Å². The second-order valence-electron chi connectivity index (χ2n) is 8.94. The number of carbonyl (C=O) groups excluding carboxylic acids is 2. The van der Waals surface area contributed by atoms with Crippen molar-refractivity contribution < 1.29 is 22.7 Å². The van der Waals surface area contributed by atoms with Crippen molar-refractivity contribution in [3.05, 3.63) is 118 Å². The van der Waals surface area contributed by atoms with E-state index >= 15 is 0 Å². The molecule has 0 radical (unpaired) electrons. The van der Waals surface area contributed by atoms with Crippen LogP contribution in [0.5, 0.6) is 0 Å². The summed E-state index contributed by atoms with van der Waals surface area (Å²) in [6, 6.07) is 24.8. The summed E-state index contributed by atoms with van der Waals surface area (Å²) >= 11 is 12.5. The Morgan fingerprint density at radius 1 is 0.829 bits per heavy atom. The molecule has 0 unspecified atom stereocenters. The van der Waals surface area contributed by atoms with Crippen molar-refractivity contribution in [2.45, 2.75) is 28.8 Å². The first kappa shape index (κ1) is 29.9. The highest BCUT2D eigenvalue weighted by Gasteiger charge is 2.25. The van der Waals surface area contributed by atoms with E-state index in [-0.39, 0.29) is 21.9 Å². The third-order valence-electron chi connectivity index (χ3n) is 6.19. The molecule has 0 aromatic heterocycles. The van der Waals surface area contributed by atoms with Crippen LogP contribution in [-0.2, 0) is 32.3 Å². The van der Waals surface area contributed by atoms with E-state index in [0.29, 0.717) is 16.6 Å². The molecule has 4 aromatic rings. The summed E-state index contributed by atoms with van der Waals surface area (Å²) in [6.45, 7) is 0.422. The Bertz CT molecular complexity index is 1610. The first-order valence-electron chi connectivity index (χ1n) is 12.5. The van der Waals surface area contributed by atoms with Gasteiger partial charge < -0.3 is 20.7 Å². The van der Waals surface area contributed by atoms with Crippen LogP contribution >= 0.6 is 23.2 Å². The van der Waals surface area contributed by atoms with Gasteiger partial charge in [0.1, 0.15) is 6.04 Å². The number of benzene rings is 4. The molecule has 4 aromatic carbocycles. The molecular formula is C30H27Cl2N3O5S. The molecule has 8 nitrogen and oxygen atoms in total. The molecule has 11 heteroatoms. The Hall–Kier alpha value is -4.05. The maximum atomic E-state index is 13.2. The summed E-state index contributed by atoms with van der Waals surface area (Å²) in [5.74, 6) is -0.652. The van der Waals surface area contributed by atoms with Crippen molar-refractivity contribution in [3.8, 4) is 0 Å². The Kier molecular flexibility index (Phi) is 9.88. The molecule has 0 aliphatic rings. The highest BCUT2D eigenvalue weighted by molar-refractivity contribution is 7.91. The summed E-state index contributed by atoms with van der Waals surface area (Å²) < 4.78 is 31.2. The van der Waals surface area contributed by atoms with Crippen molar-refractivity contribution in [1.82, 2.24) is 5.32 Å². The SMILES string of the molecule is COC(=O)[C@H](Cc1ccc(NCc2c(Cl)cccc2Cl)cc1)NC(=O)Nc1ccccc1S(=O)(=O)c1ccccc1. The van der Waals surface area contributed by atoms with Crippen LogP contribution in [-0.4, -0.2) is 33.6 Å². The number of urea groups is 1. The van der Waals surface area contributed by atoms with Gasteiger partial charge in [-0.3, -0.25) is 0 Å². The van der Waals surface area contributed by atoms with Gasteiger partial charge in [-0.25, -0.2) is 18.0 Å². The fraction of sp³-hybridized carbons (Fsp3) is 0.133. The van der Waals surface area contributed by atoms with Gasteiger partial charge in [-0.1, -0.05) is 71.7 Å². The zero-order valence-electron chi connectivity index (χ0n) is 21.9. The minimum Gasteiger partial charge on any atom is -0.467 e. The van der Waals surface area contributed by atoms with E-state index in [1.807, 2.05) is 24.3 Å². The predicted octanol–water partition coefficient (Wildman–Crippen LogP) is 6.34. The van der Waals surface area contributed by atoms with Crippen LogP contribution in [0.3, 0.4) is 0 Å². The molecule has 0 bridgehead atoms. The van der Waals surface area contributed by atoms with E-state index in [1.165, 1.54) is 31.4 Å². The average Bonchev–Trinajstić information content (AvgIpc) is 2.97. The second-order valence-corrected chi connectivity index (χ2v) is 11.7. The van der Waals surface area contributed by atoms with Gasteiger partial charge >= 0.3 is 12.0 Å². The molecular weight excluding hydrogens is 585 g/mol. The minimum atomic E-state index is -3.90. The van der Waals surface area contributed by atoms with E-state index in [2.05, 4.69) is 16.0 Å². The highest BCUT2D eigenvalue weighted by atomic mass is 35.5. The number of hydrogen-bond acceptors (Lipinski definition) is 6. The predicted molar refractivity (Wildman–Crippen MR) is 160 cm³/mol. The largest absolute Gasteiger partial charge is 0.467 e. The van der Waals surface area contributed by atoms with Gasteiger partial charge in [0.25, 0.3) is 0 Å². The van der Waals surface area contributed by atoms with Crippen molar-refractivity contribution >= 4 is 56.4 Å². The monoisotopic (exact) mass is 611 g/mol. The van der Waals surface area contributed by atoms with E-state index < -0.39 is 27.9 Å². The highest BCUT2D eigenvalue weighted by Crippen LogP contribution is 2.28. The van der Waals surface area contributed by atoms with Crippen molar-refractivity contribution in [3.63, 3.8) is 0 Å². The number of sulfone groups is 1. The summed E-state index contributed by atoms with van der Waals surface area (Å²) in [4.78, 5) is 25.4. The number of amides is 2. The fourth-order valence-corrected chi connectivity index (χ4v) is 6.04. The smallest absolute Gasteiger partial charge is 0.328 e. The molecule has 0 aliphatic carbocycles. The lowest BCUT2D eigenvalue weighted by atomic mass is 10.1. The van der Waals surface area contributed by atoms with Crippen molar-refractivity contribution in [2.24, 2.45) is 0 Å². The molecule has 1 atom stereocenters. The van der Waals surface area contributed by atoms with Gasteiger partial charge in [-0.15, -0.1) is 0 Å². The van der Waals surface area contributed by atoms with Crippen molar-refractivity contribution in [1.29, 1.82) is 0 Å².